The number of hydrogen-bond donors (Lipinski definition) is 1. The standard InChI is InChI=1S/C17H20N2O3/c1-13-15(12-16(20)18-9-11-22-2)8-10-19(13)17(21)14-6-4-3-5-7-14/h3-8,10H,9,11-12H2,1-2H3,(H,18,20). The van der Waals surface area contributed by atoms with Crippen LogP contribution in [-0.2, 0) is 16.0 Å². The molecular weight excluding hydrogens is 280 g/mol. The van der Waals surface area contributed by atoms with E-state index in [1.165, 1.54) is 0 Å². The van der Waals surface area contributed by atoms with Crippen molar-refractivity contribution in [3.63, 3.8) is 0 Å². The number of carbonyl (C=O) groups is 2. The molecule has 116 valence electrons. The molecule has 0 saturated heterocycles. The molecule has 1 amide bonds. The first-order valence-corrected chi connectivity index (χ1v) is 7.15. The van der Waals surface area contributed by atoms with Gasteiger partial charge in [0.25, 0.3) is 5.91 Å². The van der Waals surface area contributed by atoms with Gasteiger partial charge in [0.15, 0.2) is 0 Å². The van der Waals surface area contributed by atoms with Crippen LogP contribution in [0, 0.1) is 6.92 Å². The molecule has 2 rings (SSSR count). The Kier molecular flexibility index (Phi) is 5.49. The molecule has 0 unspecified atom stereocenters. The van der Waals surface area contributed by atoms with Crippen LogP contribution >= 0.6 is 0 Å². The molecule has 0 radical (unpaired) electrons. The zero-order chi connectivity index (χ0) is 15.9. The summed E-state index contributed by atoms with van der Waals surface area (Å²) >= 11 is 0. The SMILES string of the molecule is COCCNC(=O)Cc1ccn(C(=O)c2ccccc2)c1C. The maximum absolute atomic E-state index is 12.4. The van der Waals surface area contributed by atoms with Gasteiger partial charge in [0, 0.05) is 31.1 Å². The van der Waals surface area contributed by atoms with Crippen molar-refractivity contribution < 1.29 is 14.3 Å². The van der Waals surface area contributed by atoms with Gasteiger partial charge in [0.2, 0.25) is 5.91 Å². The molecule has 1 aromatic heterocycles. The largest absolute Gasteiger partial charge is 0.383 e. The topological polar surface area (TPSA) is 60.3 Å². The normalized spacial score (nSPS) is 10.5. The van der Waals surface area contributed by atoms with Gasteiger partial charge in [-0.1, -0.05) is 18.2 Å². The van der Waals surface area contributed by atoms with Crippen molar-refractivity contribution in [1.29, 1.82) is 0 Å². The van der Waals surface area contributed by atoms with Gasteiger partial charge in [-0.3, -0.25) is 14.2 Å². The summed E-state index contributed by atoms with van der Waals surface area (Å²) in [6, 6.07) is 10.9. The first-order valence-electron chi connectivity index (χ1n) is 7.15. The smallest absolute Gasteiger partial charge is 0.262 e. The molecule has 5 nitrogen and oxygen atoms in total. The summed E-state index contributed by atoms with van der Waals surface area (Å²) in [5, 5.41) is 2.77. The quantitative estimate of drug-likeness (QED) is 0.827. The zero-order valence-corrected chi connectivity index (χ0v) is 12.8. The van der Waals surface area contributed by atoms with Gasteiger partial charge in [-0.05, 0) is 30.7 Å². The molecule has 0 aliphatic rings. The lowest BCUT2D eigenvalue weighted by atomic mass is 10.1. The van der Waals surface area contributed by atoms with Crippen molar-refractivity contribution in [3.8, 4) is 0 Å². The van der Waals surface area contributed by atoms with E-state index in [4.69, 9.17) is 4.74 Å². The van der Waals surface area contributed by atoms with Gasteiger partial charge >= 0.3 is 0 Å². The number of amides is 1. The molecule has 0 fully saturated rings. The summed E-state index contributed by atoms with van der Waals surface area (Å²) in [5.74, 6) is -0.172. The maximum atomic E-state index is 12.4. The number of carbonyl (C=O) groups excluding carboxylic acids is 2. The Balaban J connectivity index is 2.06. The molecule has 0 aliphatic heterocycles. The average molecular weight is 300 g/mol. The number of ether oxygens (including phenoxy) is 1. The Labute approximate surface area is 129 Å². The Bertz CT molecular complexity index is 647. The highest BCUT2D eigenvalue weighted by atomic mass is 16.5. The minimum absolute atomic E-state index is 0.0786. The second-order valence-corrected chi connectivity index (χ2v) is 4.99. The zero-order valence-electron chi connectivity index (χ0n) is 12.8. The van der Waals surface area contributed by atoms with E-state index in [1.54, 1.807) is 30.0 Å². The molecule has 0 saturated carbocycles. The van der Waals surface area contributed by atoms with Crippen molar-refractivity contribution in [2.24, 2.45) is 0 Å². The molecule has 0 atom stereocenters. The number of hydrogen-bond acceptors (Lipinski definition) is 3. The maximum Gasteiger partial charge on any atom is 0.262 e. The van der Waals surface area contributed by atoms with Crippen molar-refractivity contribution in [3.05, 3.63) is 59.4 Å². The summed E-state index contributed by atoms with van der Waals surface area (Å²) in [6.45, 7) is 2.81. The van der Waals surface area contributed by atoms with E-state index in [0.717, 1.165) is 11.3 Å². The van der Waals surface area contributed by atoms with Crippen LogP contribution in [0.5, 0.6) is 0 Å². The highest BCUT2D eigenvalue weighted by Gasteiger charge is 2.14. The summed E-state index contributed by atoms with van der Waals surface area (Å²) < 4.78 is 6.46. The van der Waals surface area contributed by atoms with E-state index in [-0.39, 0.29) is 18.2 Å². The van der Waals surface area contributed by atoms with Gasteiger partial charge in [0.05, 0.1) is 13.0 Å². The first-order chi connectivity index (χ1) is 10.6. The summed E-state index contributed by atoms with van der Waals surface area (Å²) in [7, 11) is 1.59. The third kappa shape index (κ3) is 3.83. The number of nitrogens with zero attached hydrogens (tertiary/aromatic N) is 1. The van der Waals surface area contributed by atoms with E-state index in [2.05, 4.69) is 5.32 Å². The van der Waals surface area contributed by atoms with Crippen molar-refractivity contribution >= 4 is 11.8 Å². The molecular formula is C17H20N2O3. The van der Waals surface area contributed by atoms with Gasteiger partial charge in [0.1, 0.15) is 0 Å². The third-order valence-corrected chi connectivity index (χ3v) is 3.47. The Morgan fingerprint density at radius 3 is 2.59 bits per heavy atom. The summed E-state index contributed by atoms with van der Waals surface area (Å²) in [6.07, 6.45) is 1.97. The van der Waals surface area contributed by atoms with E-state index in [0.29, 0.717) is 18.7 Å². The Hall–Kier alpha value is -2.40. The van der Waals surface area contributed by atoms with Gasteiger partial charge in [-0.2, -0.15) is 0 Å². The van der Waals surface area contributed by atoms with Crippen molar-refractivity contribution in [2.75, 3.05) is 20.3 Å². The molecule has 22 heavy (non-hydrogen) atoms. The van der Waals surface area contributed by atoms with E-state index in [1.807, 2.05) is 31.2 Å². The number of rotatable bonds is 6. The Morgan fingerprint density at radius 2 is 1.91 bits per heavy atom. The molecule has 2 aromatic rings. The van der Waals surface area contributed by atoms with Gasteiger partial charge in [-0.25, -0.2) is 0 Å². The highest BCUT2D eigenvalue weighted by molar-refractivity contribution is 5.96. The molecule has 1 aromatic carbocycles. The molecule has 0 bridgehead atoms. The predicted molar refractivity (Wildman–Crippen MR) is 83.9 cm³/mol. The number of methoxy groups -OCH3 is 1. The predicted octanol–water partition coefficient (Wildman–Crippen LogP) is 1.79. The third-order valence-electron chi connectivity index (χ3n) is 3.47. The van der Waals surface area contributed by atoms with E-state index in [9.17, 15) is 9.59 Å². The van der Waals surface area contributed by atoms with Crippen molar-refractivity contribution in [2.45, 2.75) is 13.3 Å². The number of benzene rings is 1. The number of aromatic nitrogens is 1. The molecule has 5 heteroatoms. The lowest BCUT2D eigenvalue weighted by Gasteiger charge is -2.07. The fraction of sp³-hybridized carbons (Fsp3) is 0.294. The van der Waals surface area contributed by atoms with Crippen LogP contribution in [0.15, 0.2) is 42.6 Å². The average Bonchev–Trinajstić information content (AvgIpc) is 2.89. The van der Waals surface area contributed by atoms with Crippen molar-refractivity contribution in [1.82, 2.24) is 9.88 Å². The second-order valence-electron chi connectivity index (χ2n) is 4.99. The molecule has 1 heterocycles. The summed E-state index contributed by atoms with van der Waals surface area (Å²) in [4.78, 5) is 24.3. The molecule has 1 N–H and O–H groups in total. The Morgan fingerprint density at radius 1 is 1.18 bits per heavy atom. The van der Waals surface area contributed by atoms with Crippen LogP contribution in [0.2, 0.25) is 0 Å². The lowest BCUT2D eigenvalue weighted by molar-refractivity contribution is -0.120. The van der Waals surface area contributed by atoms with Crippen LogP contribution in [0.4, 0.5) is 0 Å². The van der Waals surface area contributed by atoms with E-state index < -0.39 is 0 Å². The fourth-order valence-electron chi connectivity index (χ4n) is 2.21. The van der Waals surface area contributed by atoms with Crippen LogP contribution in [-0.4, -0.2) is 36.6 Å². The first kappa shape index (κ1) is 16.0. The number of nitrogens with one attached hydrogen (secondary N) is 1. The molecule has 0 spiro atoms. The minimum Gasteiger partial charge on any atom is -0.383 e. The van der Waals surface area contributed by atoms with Crippen LogP contribution in [0.3, 0.4) is 0 Å². The molecule has 0 aliphatic carbocycles. The lowest BCUT2D eigenvalue weighted by Crippen LogP contribution is -2.28. The highest BCUT2D eigenvalue weighted by Crippen LogP contribution is 2.13. The van der Waals surface area contributed by atoms with Crippen LogP contribution < -0.4 is 5.32 Å². The fourth-order valence-corrected chi connectivity index (χ4v) is 2.21. The van der Waals surface area contributed by atoms with E-state index >= 15 is 0 Å². The summed E-state index contributed by atoms with van der Waals surface area (Å²) in [5.41, 5.74) is 2.26. The monoisotopic (exact) mass is 300 g/mol. The minimum atomic E-state index is -0.0934. The van der Waals surface area contributed by atoms with Crippen LogP contribution in [0.25, 0.3) is 0 Å². The van der Waals surface area contributed by atoms with Gasteiger partial charge < -0.3 is 10.1 Å². The second kappa shape index (κ2) is 7.56. The van der Waals surface area contributed by atoms with Crippen LogP contribution in [0.1, 0.15) is 21.6 Å². The van der Waals surface area contributed by atoms with Gasteiger partial charge in [-0.15, -0.1) is 0 Å².